The van der Waals surface area contributed by atoms with Gasteiger partial charge in [0.15, 0.2) is 0 Å². The molecule has 2 N–H and O–H groups in total. The fourth-order valence-electron chi connectivity index (χ4n) is 1.13. The van der Waals surface area contributed by atoms with Crippen LogP contribution in [0.2, 0.25) is 0 Å². The van der Waals surface area contributed by atoms with E-state index in [1.165, 1.54) is 22.3 Å². The van der Waals surface area contributed by atoms with Gasteiger partial charge in [-0.3, -0.25) is 0 Å². The van der Waals surface area contributed by atoms with Gasteiger partial charge >= 0.3 is 21.7 Å². The molecule has 0 saturated carbocycles. The summed E-state index contributed by atoms with van der Waals surface area (Å²) in [6.45, 7) is 8.68. The van der Waals surface area contributed by atoms with Gasteiger partial charge in [0.1, 0.15) is 0 Å². The van der Waals surface area contributed by atoms with Crippen LogP contribution in [0.5, 0.6) is 0 Å². The molecule has 0 saturated heterocycles. The van der Waals surface area contributed by atoms with Gasteiger partial charge in [-0.25, -0.2) is 0 Å². The molecule has 1 radical (unpaired) electrons. The molecule has 0 spiro atoms. The standard InChI is InChI=1S/C9H13.2CH4O.2ClH.Ti/c1-6-5-7(2)9(4)8(6)3;2*1-2;;;/h5H,1-4H3;2*2H,1H3;2*1H;/q-1;;;;;+3/p-2. The Morgan fingerprint density at radius 3 is 1.31 bits per heavy atom. The van der Waals surface area contributed by atoms with Crippen molar-refractivity contribution in [2.45, 2.75) is 27.7 Å². The van der Waals surface area contributed by atoms with E-state index in [4.69, 9.17) is 10.2 Å². The molecule has 0 aliphatic heterocycles. The minimum absolute atomic E-state index is 0. The third kappa shape index (κ3) is 9.77. The first-order valence-electron chi connectivity index (χ1n) is 4.22. The Balaban J connectivity index is -0.0000000524. The van der Waals surface area contributed by atoms with Gasteiger partial charge in [-0.15, -0.1) is 0 Å². The van der Waals surface area contributed by atoms with E-state index in [0.717, 1.165) is 14.2 Å². The second kappa shape index (κ2) is 17.9. The second-order valence-electron chi connectivity index (χ2n) is 2.76. The van der Waals surface area contributed by atoms with E-state index in [-0.39, 0.29) is 46.5 Å². The average molecular weight is 304 g/mol. The first-order chi connectivity index (χ1) is 6.13. The largest absolute Gasteiger partial charge is 3.00 e. The van der Waals surface area contributed by atoms with Crippen LogP contribution < -0.4 is 24.8 Å². The van der Waals surface area contributed by atoms with Gasteiger partial charge in [0.05, 0.1) is 0 Å². The van der Waals surface area contributed by atoms with E-state index in [0.29, 0.717) is 0 Å². The summed E-state index contributed by atoms with van der Waals surface area (Å²) in [5.41, 5.74) is 5.75. The zero-order valence-corrected chi connectivity index (χ0v) is 13.8. The van der Waals surface area contributed by atoms with E-state index in [2.05, 4.69) is 33.8 Å². The molecule has 0 atom stereocenters. The first-order valence-corrected chi connectivity index (χ1v) is 4.22. The molecule has 0 aliphatic carbocycles. The molecule has 0 bridgehead atoms. The van der Waals surface area contributed by atoms with E-state index in [1.807, 2.05) is 0 Å². The molecule has 5 heteroatoms. The maximum absolute atomic E-state index is 7.00. The van der Waals surface area contributed by atoms with E-state index >= 15 is 0 Å². The molecule has 95 valence electrons. The molecule has 0 amide bonds. The van der Waals surface area contributed by atoms with Gasteiger partial charge in [-0.05, 0) is 0 Å². The van der Waals surface area contributed by atoms with Crippen molar-refractivity contribution in [2.24, 2.45) is 0 Å². The minimum Gasteiger partial charge on any atom is -1.00 e. The molecule has 0 unspecified atom stereocenters. The summed E-state index contributed by atoms with van der Waals surface area (Å²) in [5.74, 6) is 0. The maximum atomic E-state index is 7.00. The summed E-state index contributed by atoms with van der Waals surface area (Å²) in [6, 6.07) is 2.24. The van der Waals surface area contributed by atoms with Gasteiger partial charge in [0, 0.05) is 14.2 Å². The second-order valence-corrected chi connectivity index (χ2v) is 2.76. The minimum atomic E-state index is 0. The monoisotopic (exact) mass is 303 g/mol. The average Bonchev–Trinajstić information content (AvgIpc) is 2.40. The van der Waals surface area contributed by atoms with Crippen LogP contribution in [0.25, 0.3) is 0 Å². The van der Waals surface area contributed by atoms with Crippen LogP contribution in [0.1, 0.15) is 22.3 Å². The number of aryl methyl sites for hydroxylation is 2. The van der Waals surface area contributed by atoms with Crippen molar-refractivity contribution >= 4 is 0 Å². The van der Waals surface area contributed by atoms with Crippen molar-refractivity contribution in [3.05, 3.63) is 28.3 Å². The predicted octanol–water partition coefficient (Wildman–Crippen LogP) is -4.14. The SMILES string of the molecule is CO.CO.Cc1c[c-](C)c(C)c1C.[Cl-].[Cl-].[Ti+3]. The van der Waals surface area contributed by atoms with Crippen molar-refractivity contribution in [3.8, 4) is 0 Å². The van der Waals surface area contributed by atoms with Crippen LogP contribution in [-0.4, -0.2) is 24.4 Å². The van der Waals surface area contributed by atoms with Crippen LogP contribution >= 0.6 is 0 Å². The maximum Gasteiger partial charge on any atom is 3.00 e. The molecule has 0 aliphatic rings. The van der Waals surface area contributed by atoms with E-state index in [9.17, 15) is 0 Å². The van der Waals surface area contributed by atoms with Crippen LogP contribution in [0.15, 0.2) is 6.07 Å². The molecule has 1 aromatic rings. The summed E-state index contributed by atoms with van der Waals surface area (Å²) in [7, 11) is 2.00. The van der Waals surface area contributed by atoms with Crippen molar-refractivity contribution in [2.75, 3.05) is 14.2 Å². The van der Waals surface area contributed by atoms with Crippen molar-refractivity contribution in [3.63, 3.8) is 0 Å². The predicted molar refractivity (Wildman–Crippen MR) is 57.3 cm³/mol. The number of aliphatic hydroxyl groups excluding tert-OH is 2. The topological polar surface area (TPSA) is 40.5 Å². The molecular formula is C11H21Cl2O2Ti. The van der Waals surface area contributed by atoms with Gasteiger partial charge in [0.25, 0.3) is 0 Å². The fourth-order valence-corrected chi connectivity index (χ4v) is 1.13. The Morgan fingerprint density at radius 1 is 0.938 bits per heavy atom. The molecule has 0 heterocycles. The summed E-state index contributed by atoms with van der Waals surface area (Å²) in [5, 5.41) is 14.0. The Kier molecular flexibility index (Phi) is 33.7. The molecule has 1 rings (SSSR count). The first kappa shape index (κ1) is 30.0. The van der Waals surface area contributed by atoms with Crippen molar-refractivity contribution in [1.29, 1.82) is 0 Å². The van der Waals surface area contributed by atoms with Crippen LogP contribution in [0.3, 0.4) is 0 Å². The molecule has 2 nitrogen and oxygen atoms in total. The molecule has 16 heavy (non-hydrogen) atoms. The zero-order chi connectivity index (χ0) is 11.0. The molecule has 0 fully saturated rings. The number of rotatable bonds is 0. The van der Waals surface area contributed by atoms with Crippen LogP contribution in [0, 0.1) is 27.7 Å². The zero-order valence-electron chi connectivity index (χ0n) is 10.7. The normalized spacial score (nSPS) is 6.50. The number of hydrogen-bond donors (Lipinski definition) is 2. The summed E-state index contributed by atoms with van der Waals surface area (Å²) < 4.78 is 0. The molecule has 1 aromatic carbocycles. The van der Waals surface area contributed by atoms with Crippen LogP contribution in [-0.2, 0) is 21.7 Å². The van der Waals surface area contributed by atoms with Gasteiger partial charge in [-0.1, -0.05) is 27.7 Å². The third-order valence-corrected chi connectivity index (χ3v) is 2.18. The van der Waals surface area contributed by atoms with Gasteiger partial charge in [0.2, 0.25) is 0 Å². The van der Waals surface area contributed by atoms with Gasteiger partial charge in [-0.2, -0.15) is 28.3 Å². The summed E-state index contributed by atoms with van der Waals surface area (Å²) in [4.78, 5) is 0. The number of halogens is 2. The van der Waals surface area contributed by atoms with E-state index < -0.39 is 0 Å². The Bertz CT molecular complexity index is 216. The van der Waals surface area contributed by atoms with Crippen molar-refractivity contribution in [1.82, 2.24) is 0 Å². The number of hydrogen-bond acceptors (Lipinski definition) is 2. The van der Waals surface area contributed by atoms with Gasteiger partial charge < -0.3 is 35.0 Å². The summed E-state index contributed by atoms with van der Waals surface area (Å²) in [6.07, 6.45) is 0. The number of aliphatic hydroxyl groups is 2. The quantitative estimate of drug-likeness (QED) is 0.378. The van der Waals surface area contributed by atoms with Crippen LogP contribution in [0.4, 0.5) is 0 Å². The summed E-state index contributed by atoms with van der Waals surface area (Å²) >= 11 is 0. The third-order valence-electron chi connectivity index (χ3n) is 2.18. The Hall–Kier alpha value is 0.564. The van der Waals surface area contributed by atoms with E-state index in [1.54, 1.807) is 0 Å². The molecule has 0 aromatic heterocycles. The Labute approximate surface area is 127 Å². The smallest absolute Gasteiger partial charge is 1.00 e. The Morgan fingerprint density at radius 2 is 1.25 bits per heavy atom. The molecular weight excluding hydrogens is 283 g/mol. The van der Waals surface area contributed by atoms with Crippen molar-refractivity contribution < 1.29 is 56.7 Å². The fraction of sp³-hybridized carbons (Fsp3) is 0.545.